The standard InChI is InChI=1S/C10H13N5O3/c11-9(16)8-5-7(15(17)18)6-13-10(8)14-3-1-12-2-4-14/h5-6,12H,1-4H2,(H2,11,16). The third kappa shape index (κ3) is 2.38. The summed E-state index contributed by atoms with van der Waals surface area (Å²) in [4.78, 5) is 27.3. The zero-order valence-corrected chi connectivity index (χ0v) is 9.63. The number of nitrogens with one attached hydrogen (secondary N) is 1. The van der Waals surface area contributed by atoms with Crippen LogP contribution in [0.15, 0.2) is 12.3 Å². The van der Waals surface area contributed by atoms with Crippen LogP contribution >= 0.6 is 0 Å². The SMILES string of the molecule is NC(=O)c1cc([N+](=O)[O-])cnc1N1CCNCC1. The van der Waals surface area contributed by atoms with Crippen LogP contribution < -0.4 is 16.0 Å². The van der Waals surface area contributed by atoms with Gasteiger partial charge in [0.1, 0.15) is 12.0 Å². The highest BCUT2D eigenvalue weighted by atomic mass is 16.6. The van der Waals surface area contributed by atoms with Crippen molar-refractivity contribution in [1.82, 2.24) is 10.3 Å². The predicted molar refractivity (Wildman–Crippen MR) is 64.5 cm³/mol. The van der Waals surface area contributed by atoms with Crippen molar-refractivity contribution in [2.24, 2.45) is 5.73 Å². The number of piperazine rings is 1. The van der Waals surface area contributed by atoms with Crippen LogP contribution in [0.5, 0.6) is 0 Å². The van der Waals surface area contributed by atoms with E-state index >= 15 is 0 Å². The van der Waals surface area contributed by atoms with E-state index in [1.807, 2.05) is 4.90 Å². The van der Waals surface area contributed by atoms with Crippen molar-refractivity contribution < 1.29 is 9.72 Å². The normalized spacial score (nSPS) is 15.4. The van der Waals surface area contributed by atoms with E-state index in [0.29, 0.717) is 18.9 Å². The third-order valence-corrected chi connectivity index (χ3v) is 2.75. The second-order valence-corrected chi connectivity index (χ2v) is 3.92. The van der Waals surface area contributed by atoms with Crippen LogP contribution in [-0.2, 0) is 0 Å². The van der Waals surface area contributed by atoms with Gasteiger partial charge in [-0.1, -0.05) is 0 Å². The maximum atomic E-state index is 11.4. The Balaban J connectivity index is 2.39. The van der Waals surface area contributed by atoms with Gasteiger partial charge >= 0.3 is 0 Å². The van der Waals surface area contributed by atoms with Crippen molar-refractivity contribution in [2.45, 2.75) is 0 Å². The Kier molecular flexibility index (Phi) is 3.38. The molecular formula is C10H13N5O3. The summed E-state index contributed by atoms with van der Waals surface area (Å²) in [6, 6.07) is 1.17. The van der Waals surface area contributed by atoms with Gasteiger partial charge in [-0.2, -0.15) is 0 Å². The number of rotatable bonds is 3. The molecule has 0 bridgehead atoms. The molecule has 3 N–H and O–H groups in total. The first-order chi connectivity index (χ1) is 8.59. The summed E-state index contributed by atoms with van der Waals surface area (Å²) in [7, 11) is 0. The minimum Gasteiger partial charge on any atom is -0.365 e. The zero-order chi connectivity index (χ0) is 13.1. The zero-order valence-electron chi connectivity index (χ0n) is 9.63. The molecule has 0 unspecified atom stereocenters. The van der Waals surface area contributed by atoms with Crippen molar-refractivity contribution >= 4 is 17.4 Å². The maximum Gasteiger partial charge on any atom is 0.288 e. The van der Waals surface area contributed by atoms with Gasteiger partial charge in [-0.3, -0.25) is 14.9 Å². The lowest BCUT2D eigenvalue weighted by molar-refractivity contribution is -0.385. The van der Waals surface area contributed by atoms with Crippen LogP contribution in [0.3, 0.4) is 0 Å². The Labute approximate surface area is 103 Å². The highest BCUT2D eigenvalue weighted by Crippen LogP contribution is 2.22. The second kappa shape index (κ2) is 4.96. The van der Waals surface area contributed by atoms with E-state index in [9.17, 15) is 14.9 Å². The molecule has 0 aromatic carbocycles. The largest absolute Gasteiger partial charge is 0.365 e. The molecule has 0 aliphatic carbocycles. The summed E-state index contributed by atoms with van der Waals surface area (Å²) in [5.41, 5.74) is 5.10. The molecule has 0 spiro atoms. The number of nitrogens with zero attached hydrogens (tertiary/aromatic N) is 3. The summed E-state index contributed by atoms with van der Waals surface area (Å²) >= 11 is 0. The Morgan fingerprint density at radius 3 is 2.72 bits per heavy atom. The van der Waals surface area contributed by atoms with Gasteiger partial charge in [-0.15, -0.1) is 0 Å². The van der Waals surface area contributed by atoms with Crippen LogP contribution in [0.2, 0.25) is 0 Å². The van der Waals surface area contributed by atoms with Gasteiger partial charge in [0, 0.05) is 32.2 Å². The molecule has 18 heavy (non-hydrogen) atoms. The van der Waals surface area contributed by atoms with Crippen molar-refractivity contribution in [3.8, 4) is 0 Å². The molecule has 1 aliphatic rings. The lowest BCUT2D eigenvalue weighted by atomic mass is 10.2. The Bertz CT molecular complexity index is 484. The molecule has 96 valence electrons. The van der Waals surface area contributed by atoms with Crippen LogP contribution in [0.25, 0.3) is 0 Å². The first kappa shape index (κ1) is 12.2. The molecular weight excluding hydrogens is 238 g/mol. The number of hydrogen-bond donors (Lipinski definition) is 2. The van der Waals surface area contributed by atoms with E-state index in [2.05, 4.69) is 10.3 Å². The molecule has 1 saturated heterocycles. The van der Waals surface area contributed by atoms with Gasteiger partial charge in [0.2, 0.25) is 0 Å². The second-order valence-electron chi connectivity index (χ2n) is 3.92. The van der Waals surface area contributed by atoms with Crippen molar-refractivity contribution in [3.05, 3.63) is 27.9 Å². The maximum absolute atomic E-state index is 11.4. The quantitative estimate of drug-likeness (QED) is 0.552. The van der Waals surface area contributed by atoms with Gasteiger partial charge in [0.05, 0.1) is 10.5 Å². The summed E-state index contributed by atoms with van der Waals surface area (Å²) in [5, 5.41) is 13.8. The van der Waals surface area contributed by atoms with Crippen LogP contribution in [-0.4, -0.2) is 42.0 Å². The summed E-state index contributed by atoms with van der Waals surface area (Å²) in [5.74, 6) is -0.297. The Morgan fingerprint density at radius 2 is 2.17 bits per heavy atom. The van der Waals surface area contributed by atoms with E-state index in [0.717, 1.165) is 19.3 Å². The highest BCUT2D eigenvalue weighted by Gasteiger charge is 2.21. The van der Waals surface area contributed by atoms with Gasteiger partial charge < -0.3 is 16.0 Å². The van der Waals surface area contributed by atoms with Crippen molar-refractivity contribution in [3.63, 3.8) is 0 Å². The molecule has 8 nitrogen and oxygen atoms in total. The molecule has 1 aromatic heterocycles. The summed E-state index contributed by atoms with van der Waals surface area (Å²) < 4.78 is 0. The molecule has 2 rings (SSSR count). The average molecular weight is 251 g/mol. The lowest BCUT2D eigenvalue weighted by Gasteiger charge is -2.29. The minimum atomic E-state index is -0.709. The van der Waals surface area contributed by atoms with Crippen molar-refractivity contribution in [2.75, 3.05) is 31.1 Å². The molecule has 1 fully saturated rings. The first-order valence-electron chi connectivity index (χ1n) is 5.49. The van der Waals surface area contributed by atoms with Gasteiger partial charge in [-0.25, -0.2) is 4.98 Å². The molecule has 1 aliphatic heterocycles. The topological polar surface area (TPSA) is 114 Å². The molecule has 0 radical (unpaired) electrons. The number of carbonyl (C=O) groups excluding carboxylic acids is 1. The number of pyridine rings is 1. The van der Waals surface area contributed by atoms with E-state index in [4.69, 9.17) is 5.73 Å². The molecule has 1 aromatic rings. The fourth-order valence-corrected chi connectivity index (χ4v) is 1.86. The summed E-state index contributed by atoms with van der Waals surface area (Å²) in [6.45, 7) is 2.92. The lowest BCUT2D eigenvalue weighted by Crippen LogP contribution is -2.44. The first-order valence-corrected chi connectivity index (χ1v) is 5.49. The third-order valence-electron chi connectivity index (χ3n) is 2.75. The Morgan fingerprint density at radius 1 is 1.50 bits per heavy atom. The van der Waals surface area contributed by atoms with Crippen LogP contribution in [0.1, 0.15) is 10.4 Å². The minimum absolute atomic E-state index is 0.0890. The molecule has 2 heterocycles. The van der Waals surface area contributed by atoms with Crippen molar-refractivity contribution in [1.29, 1.82) is 0 Å². The van der Waals surface area contributed by atoms with E-state index < -0.39 is 10.8 Å². The monoisotopic (exact) mass is 251 g/mol. The summed E-state index contributed by atoms with van der Waals surface area (Å²) in [6.07, 6.45) is 1.14. The number of carbonyl (C=O) groups is 1. The molecule has 0 atom stereocenters. The number of hydrogen-bond acceptors (Lipinski definition) is 6. The average Bonchev–Trinajstić information content (AvgIpc) is 2.39. The molecule has 1 amide bonds. The van der Waals surface area contributed by atoms with Crippen LogP contribution in [0.4, 0.5) is 11.5 Å². The number of amides is 1. The van der Waals surface area contributed by atoms with E-state index in [1.165, 1.54) is 6.07 Å². The number of nitrogens with two attached hydrogens (primary N) is 1. The fraction of sp³-hybridized carbons (Fsp3) is 0.400. The van der Waals surface area contributed by atoms with E-state index in [-0.39, 0.29) is 11.3 Å². The van der Waals surface area contributed by atoms with E-state index in [1.54, 1.807) is 0 Å². The van der Waals surface area contributed by atoms with Crippen LogP contribution in [0, 0.1) is 10.1 Å². The number of nitro groups is 1. The number of anilines is 1. The van der Waals surface area contributed by atoms with Gasteiger partial charge in [0.15, 0.2) is 0 Å². The predicted octanol–water partition coefficient (Wildman–Crippen LogP) is -0.502. The number of aromatic nitrogens is 1. The fourth-order valence-electron chi connectivity index (χ4n) is 1.86. The Hall–Kier alpha value is -2.22. The molecule has 0 saturated carbocycles. The molecule has 8 heteroatoms. The number of primary amides is 1. The van der Waals surface area contributed by atoms with Gasteiger partial charge in [-0.05, 0) is 0 Å². The highest BCUT2D eigenvalue weighted by molar-refractivity contribution is 5.98. The smallest absolute Gasteiger partial charge is 0.288 e. The van der Waals surface area contributed by atoms with Gasteiger partial charge in [0.25, 0.3) is 11.6 Å².